The summed E-state index contributed by atoms with van der Waals surface area (Å²) in [5.41, 5.74) is 8.02. The van der Waals surface area contributed by atoms with Gasteiger partial charge in [-0.3, -0.25) is 0 Å². The van der Waals surface area contributed by atoms with Crippen LogP contribution in [0.5, 0.6) is 0 Å². The Morgan fingerprint density at radius 1 is 1.00 bits per heavy atom. The SMILES string of the molecule is Nc1cc(Cl)c(Cl)cc1Nc1c(Br)cccc1Br. The van der Waals surface area contributed by atoms with Crippen molar-refractivity contribution in [1.29, 1.82) is 0 Å². The Morgan fingerprint density at radius 2 is 1.56 bits per heavy atom. The molecule has 2 nitrogen and oxygen atoms in total. The van der Waals surface area contributed by atoms with E-state index in [1.54, 1.807) is 12.1 Å². The van der Waals surface area contributed by atoms with Crippen LogP contribution in [0.25, 0.3) is 0 Å². The molecule has 3 N–H and O–H groups in total. The molecule has 0 aromatic heterocycles. The fourth-order valence-corrected chi connectivity index (χ4v) is 2.95. The van der Waals surface area contributed by atoms with Gasteiger partial charge in [-0.25, -0.2) is 0 Å². The fourth-order valence-electron chi connectivity index (χ4n) is 1.42. The number of nitrogens with two attached hydrogens (primary N) is 1. The molecule has 0 heterocycles. The van der Waals surface area contributed by atoms with Crippen molar-refractivity contribution in [3.63, 3.8) is 0 Å². The van der Waals surface area contributed by atoms with Gasteiger partial charge in [-0.1, -0.05) is 29.3 Å². The van der Waals surface area contributed by atoms with Crippen molar-refractivity contribution < 1.29 is 0 Å². The highest BCUT2D eigenvalue weighted by atomic mass is 79.9. The van der Waals surface area contributed by atoms with Crippen molar-refractivity contribution in [1.82, 2.24) is 0 Å². The largest absolute Gasteiger partial charge is 0.397 e. The van der Waals surface area contributed by atoms with Gasteiger partial charge in [0, 0.05) is 8.95 Å². The summed E-state index contributed by atoms with van der Waals surface area (Å²) in [4.78, 5) is 0. The van der Waals surface area contributed by atoms with Crippen molar-refractivity contribution in [2.45, 2.75) is 0 Å². The second kappa shape index (κ2) is 5.70. The molecule has 94 valence electrons. The quantitative estimate of drug-likeness (QED) is 0.610. The summed E-state index contributed by atoms with van der Waals surface area (Å²) < 4.78 is 1.84. The molecule has 0 fully saturated rings. The fraction of sp³-hybridized carbons (Fsp3) is 0. The van der Waals surface area contributed by atoms with E-state index in [1.165, 1.54) is 0 Å². The van der Waals surface area contributed by atoms with Crippen LogP contribution in [0.2, 0.25) is 10.0 Å². The molecule has 0 bridgehead atoms. The van der Waals surface area contributed by atoms with E-state index in [0.29, 0.717) is 21.4 Å². The summed E-state index contributed by atoms with van der Waals surface area (Å²) in [5.74, 6) is 0. The maximum absolute atomic E-state index is 5.98. The lowest BCUT2D eigenvalue weighted by molar-refractivity contribution is 1.50. The van der Waals surface area contributed by atoms with E-state index in [0.717, 1.165) is 14.6 Å². The van der Waals surface area contributed by atoms with Crippen LogP contribution in [0, 0.1) is 0 Å². The molecular formula is C12H8Br2Cl2N2. The van der Waals surface area contributed by atoms with E-state index in [-0.39, 0.29) is 0 Å². The van der Waals surface area contributed by atoms with Gasteiger partial charge in [0.15, 0.2) is 0 Å². The molecule has 2 rings (SSSR count). The van der Waals surface area contributed by atoms with Gasteiger partial charge in [0.05, 0.1) is 27.1 Å². The van der Waals surface area contributed by atoms with Gasteiger partial charge in [0.1, 0.15) is 0 Å². The molecule has 0 unspecified atom stereocenters. The first kappa shape index (κ1) is 14.0. The molecule has 18 heavy (non-hydrogen) atoms. The third kappa shape index (κ3) is 2.94. The van der Waals surface area contributed by atoms with E-state index in [4.69, 9.17) is 28.9 Å². The zero-order chi connectivity index (χ0) is 13.3. The molecule has 6 heteroatoms. The van der Waals surface area contributed by atoms with Gasteiger partial charge in [-0.05, 0) is 56.1 Å². The summed E-state index contributed by atoms with van der Waals surface area (Å²) in [6.07, 6.45) is 0. The number of nitrogen functional groups attached to an aromatic ring is 1. The first-order valence-electron chi connectivity index (χ1n) is 4.94. The lowest BCUT2D eigenvalue weighted by atomic mass is 10.2. The molecule has 0 saturated carbocycles. The lowest BCUT2D eigenvalue weighted by Gasteiger charge is -2.13. The minimum atomic E-state index is 0.436. The molecule has 2 aromatic carbocycles. The van der Waals surface area contributed by atoms with Crippen molar-refractivity contribution in [3.05, 3.63) is 49.3 Å². The van der Waals surface area contributed by atoms with Crippen molar-refractivity contribution in [2.24, 2.45) is 0 Å². The molecule has 2 aromatic rings. The lowest BCUT2D eigenvalue weighted by Crippen LogP contribution is -1.98. The Balaban J connectivity index is 2.43. The zero-order valence-electron chi connectivity index (χ0n) is 8.98. The number of hydrogen-bond acceptors (Lipinski definition) is 2. The number of halogens is 4. The molecule has 0 spiro atoms. The number of rotatable bonds is 2. The monoisotopic (exact) mass is 408 g/mol. The highest BCUT2D eigenvalue weighted by molar-refractivity contribution is 9.11. The van der Waals surface area contributed by atoms with Gasteiger partial charge in [-0.2, -0.15) is 0 Å². The van der Waals surface area contributed by atoms with Crippen LogP contribution in [-0.2, 0) is 0 Å². The third-order valence-corrected chi connectivity index (χ3v) is 4.36. The Labute approximate surface area is 132 Å². The Hall–Kier alpha value is -0.420. The Bertz CT molecular complexity index is 583. The van der Waals surface area contributed by atoms with Gasteiger partial charge in [0.25, 0.3) is 0 Å². The summed E-state index contributed by atoms with van der Waals surface area (Å²) >= 11 is 18.8. The van der Waals surface area contributed by atoms with E-state index in [2.05, 4.69) is 37.2 Å². The van der Waals surface area contributed by atoms with E-state index in [1.807, 2.05) is 18.2 Å². The molecule has 0 aliphatic carbocycles. The highest BCUT2D eigenvalue weighted by Gasteiger charge is 2.09. The van der Waals surface area contributed by atoms with E-state index >= 15 is 0 Å². The second-order valence-electron chi connectivity index (χ2n) is 3.58. The average Bonchev–Trinajstić information content (AvgIpc) is 2.30. The zero-order valence-corrected chi connectivity index (χ0v) is 13.7. The molecule has 0 aliphatic rings. The Kier molecular flexibility index (Phi) is 4.43. The van der Waals surface area contributed by atoms with Crippen LogP contribution >= 0.6 is 55.1 Å². The predicted octanol–water partition coefficient (Wildman–Crippen LogP) is 5.84. The van der Waals surface area contributed by atoms with Gasteiger partial charge < -0.3 is 11.1 Å². The van der Waals surface area contributed by atoms with Crippen LogP contribution in [0.1, 0.15) is 0 Å². The summed E-state index contributed by atoms with van der Waals surface area (Å²) in [7, 11) is 0. The van der Waals surface area contributed by atoms with Gasteiger partial charge in [0.2, 0.25) is 0 Å². The highest BCUT2D eigenvalue weighted by Crippen LogP contribution is 2.37. The number of para-hydroxylation sites is 1. The van der Waals surface area contributed by atoms with Crippen LogP contribution in [0.3, 0.4) is 0 Å². The first-order chi connectivity index (χ1) is 8.49. The van der Waals surface area contributed by atoms with Crippen LogP contribution < -0.4 is 11.1 Å². The summed E-state index contributed by atoms with van der Waals surface area (Å²) in [6, 6.07) is 9.11. The number of anilines is 3. The summed E-state index contributed by atoms with van der Waals surface area (Å²) in [5, 5.41) is 4.11. The standard InChI is InChI=1S/C12H8Br2Cl2N2/c13-6-2-1-3-7(14)12(6)18-11-5-9(16)8(15)4-10(11)17/h1-5,18H,17H2. The van der Waals surface area contributed by atoms with Gasteiger partial charge >= 0.3 is 0 Å². The molecule has 0 aliphatic heterocycles. The van der Waals surface area contributed by atoms with Crippen molar-refractivity contribution in [3.8, 4) is 0 Å². The smallest absolute Gasteiger partial charge is 0.0673 e. The molecular weight excluding hydrogens is 403 g/mol. The maximum atomic E-state index is 5.98. The van der Waals surface area contributed by atoms with Crippen LogP contribution in [0.4, 0.5) is 17.1 Å². The maximum Gasteiger partial charge on any atom is 0.0673 e. The van der Waals surface area contributed by atoms with E-state index in [9.17, 15) is 0 Å². The van der Waals surface area contributed by atoms with Crippen molar-refractivity contribution in [2.75, 3.05) is 11.1 Å². The predicted molar refractivity (Wildman–Crippen MR) is 86.0 cm³/mol. The van der Waals surface area contributed by atoms with Crippen LogP contribution in [0.15, 0.2) is 39.3 Å². The topological polar surface area (TPSA) is 38.0 Å². The number of benzene rings is 2. The average molecular weight is 411 g/mol. The first-order valence-corrected chi connectivity index (χ1v) is 7.29. The van der Waals surface area contributed by atoms with Gasteiger partial charge in [-0.15, -0.1) is 0 Å². The van der Waals surface area contributed by atoms with Crippen LogP contribution in [-0.4, -0.2) is 0 Å². The number of nitrogens with one attached hydrogen (secondary N) is 1. The van der Waals surface area contributed by atoms with Crippen molar-refractivity contribution >= 4 is 72.1 Å². The molecule has 0 amide bonds. The Morgan fingerprint density at radius 3 is 2.17 bits per heavy atom. The summed E-state index contributed by atoms with van der Waals surface area (Å²) in [6.45, 7) is 0. The second-order valence-corrected chi connectivity index (χ2v) is 6.10. The normalized spacial score (nSPS) is 10.4. The van der Waals surface area contributed by atoms with E-state index < -0.39 is 0 Å². The number of hydrogen-bond donors (Lipinski definition) is 2. The minimum Gasteiger partial charge on any atom is -0.397 e. The molecule has 0 atom stereocenters. The minimum absolute atomic E-state index is 0.436. The molecule has 0 radical (unpaired) electrons. The third-order valence-electron chi connectivity index (χ3n) is 2.31. The molecule has 0 saturated heterocycles.